The van der Waals surface area contributed by atoms with E-state index in [0.717, 1.165) is 5.69 Å². The Balaban J connectivity index is 1.97. The number of ketones is 2. The van der Waals surface area contributed by atoms with Gasteiger partial charge >= 0.3 is 0 Å². The van der Waals surface area contributed by atoms with Gasteiger partial charge in [0.25, 0.3) is 0 Å². The molecule has 3 aromatic rings. The summed E-state index contributed by atoms with van der Waals surface area (Å²) in [6.45, 7) is -0.328. The number of para-hydroxylation sites is 1. The zero-order valence-electron chi connectivity index (χ0n) is 13.8. The lowest BCUT2D eigenvalue weighted by Gasteiger charge is -2.24. The van der Waals surface area contributed by atoms with Crippen LogP contribution in [-0.2, 0) is 6.61 Å². The lowest BCUT2D eigenvalue weighted by atomic mass is 9.81. The van der Waals surface area contributed by atoms with E-state index in [0.29, 0.717) is 22.4 Å². The van der Waals surface area contributed by atoms with Crippen molar-refractivity contribution in [2.24, 2.45) is 0 Å². The lowest BCUT2D eigenvalue weighted by Crippen LogP contribution is -2.24. The van der Waals surface area contributed by atoms with Crippen molar-refractivity contribution in [2.75, 3.05) is 11.1 Å². The van der Waals surface area contributed by atoms with Crippen molar-refractivity contribution in [1.29, 1.82) is 0 Å². The molecule has 0 saturated heterocycles. The number of anilines is 3. The fourth-order valence-corrected chi connectivity index (χ4v) is 3.28. The summed E-state index contributed by atoms with van der Waals surface area (Å²) in [5.41, 5.74) is 8.98. The molecule has 128 valence electrons. The fourth-order valence-electron chi connectivity index (χ4n) is 3.28. The maximum atomic E-state index is 13.1. The number of rotatable bonds is 3. The molecule has 26 heavy (non-hydrogen) atoms. The molecule has 0 fully saturated rings. The zero-order valence-corrected chi connectivity index (χ0v) is 13.8. The van der Waals surface area contributed by atoms with Crippen LogP contribution in [0.3, 0.4) is 0 Å². The van der Waals surface area contributed by atoms with E-state index < -0.39 is 0 Å². The molecule has 1 aliphatic carbocycles. The molecule has 0 aromatic heterocycles. The Morgan fingerprint density at radius 1 is 0.846 bits per heavy atom. The first kappa shape index (κ1) is 16.1. The summed E-state index contributed by atoms with van der Waals surface area (Å²) in [6, 6.07) is 17.6. The molecule has 5 nitrogen and oxygen atoms in total. The van der Waals surface area contributed by atoms with Crippen LogP contribution < -0.4 is 11.1 Å². The maximum absolute atomic E-state index is 13.1. The fraction of sp³-hybridized carbons (Fsp3) is 0.0476. The van der Waals surface area contributed by atoms with Gasteiger partial charge in [0, 0.05) is 28.1 Å². The van der Waals surface area contributed by atoms with Crippen molar-refractivity contribution >= 4 is 28.6 Å². The second kappa shape index (κ2) is 6.13. The Morgan fingerprint density at radius 2 is 1.42 bits per heavy atom. The number of nitrogen functional groups attached to an aromatic ring is 1. The molecule has 0 bridgehead atoms. The highest BCUT2D eigenvalue weighted by Gasteiger charge is 2.34. The minimum Gasteiger partial charge on any atom is -0.398 e. The maximum Gasteiger partial charge on any atom is 0.196 e. The van der Waals surface area contributed by atoms with Crippen LogP contribution in [0, 0.1) is 0 Å². The van der Waals surface area contributed by atoms with E-state index in [1.165, 1.54) is 0 Å². The topological polar surface area (TPSA) is 92.4 Å². The number of benzene rings is 3. The number of hydrogen-bond donors (Lipinski definition) is 3. The normalized spacial score (nSPS) is 12.5. The van der Waals surface area contributed by atoms with E-state index in [1.807, 2.05) is 30.3 Å². The van der Waals surface area contributed by atoms with E-state index in [-0.39, 0.29) is 35.0 Å². The number of nitrogens with two attached hydrogens (primary N) is 1. The van der Waals surface area contributed by atoms with Crippen LogP contribution in [0.15, 0.2) is 60.7 Å². The third-order valence-electron chi connectivity index (χ3n) is 4.55. The number of nitrogens with one attached hydrogen (secondary N) is 1. The lowest BCUT2D eigenvalue weighted by molar-refractivity contribution is 0.0980. The predicted molar refractivity (Wildman–Crippen MR) is 99.8 cm³/mol. The first-order chi connectivity index (χ1) is 12.6. The minimum absolute atomic E-state index is 0.147. The Labute approximate surface area is 150 Å². The molecule has 0 unspecified atom stereocenters. The molecule has 0 saturated carbocycles. The van der Waals surface area contributed by atoms with Crippen molar-refractivity contribution in [3.8, 4) is 0 Å². The van der Waals surface area contributed by atoms with Gasteiger partial charge in [-0.3, -0.25) is 9.59 Å². The van der Waals surface area contributed by atoms with Gasteiger partial charge in [0.15, 0.2) is 11.6 Å². The summed E-state index contributed by atoms with van der Waals surface area (Å²) < 4.78 is 0. The van der Waals surface area contributed by atoms with Crippen molar-refractivity contribution in [3.05, 3.63) is 88.5 Å². The molecule has 0 spiro atoms. The highest BCUT2D eigenvalue weighted by Crippen LogP contribution is 2.38. The van der Waals surface area contributed by atoms with Crippen LogP contribution in [0.25, 0.3) is 0 Å². The van der Waals surface area contributed by atoms with Crippen LogP contribution >= 0.6 is 0 Å². The second-order valence-electron chi connectivity index (χ2n) is 6.10. The molecule has 1 aliphatic rings. The summed E-state index contributed by atoms with van der Waals surface area (Å²) in [4.78, 5) is 26.1. The Morgan fingerprint density at radius 3 is 2.04 bits per heavy atom. The van der Waals surface area contributed by atoms with Crippen LogP contribution in [-0.4, -0.2) is 16.7 Å². The molecule has 4 rings (SSSR count). The molecule has 0 atom stereocenters. The average molecular weight is 344 g/mol. The summed E-state index contributed by atoms with van der Waals surface area (Å²) in [7, 11) is 0. The van der Waals surface area contributed by atoms with Gasteiger partial charge in [-0.25, -0.2) is 0 Å². The quantitative estimate of drug-likeness (QED) is 0.496. The summed E-state index contributed by atoms with van der Waals surface area (Å²) in [5.74, 6) is -0.566. The largest absolute Gasteiger partial charge is 0.398 e. The van der Waals surface area contributed by atoms with E-state index in [4.69, 9.17) is 5.73 Å². The molecule has 3 aromatic carbocycles. The van der Waals surface area contributed by atoms with Gasteiger partial charge in [-0.05, 0) is 18.2 Å². The van der Waals surface area contributed by atoms with Gasteiger partial charge < -0.3 is 16.2 Å². The number of hydrogen-bond acceptors (Lipinski definition) is 5. The monoisotopic (exact) mass is 344 g/mol. The van der Waals surface area contributed by atoms with E-state index in [9.17, 15) is 14.7 Å². The van der Waals surface area contributed by atoms with Gasteiger partial charge in [0.2, 0.25) is 0 Å². The molecule has 0 heterocycles. The SMILES string of the molecule is Nc1c(CO)cc(Nc2ccccc2)c2c1C(=O)c1ccccc1C2=O. The first-order valence-corrected chi connectivity index (χ1v) is 8.18. The van der Waals surface area contributed by atoms with Gasteiger partial charge in [0.05, 0.1) is 23.4 Å². The molecule has 5 heteroatoms. The van der Waals surface area contributed by atoms with Crippen molar-refractivity contribution in [1.82, 2.24) is 0 Å². The molecule has 0 aliphatic heterocycles. The van der Waals surface area contributed by atoms with Crippen molar-refractivity contribution in [2.45, 2.75) is 6.61 Å². The number of carbonyl (C=O) groups excluding carboxylic acids is 2. The minimum atomic E-state index is -0.328. The standard InChI is InChI=1S/C21H16N2O3/c22-19-12(11-24)10-16(23-13-6-2-1-3-7-13)17-18(19)21(26)15-9-5-4-8-14(15)20(17)25/h1-10,23-24H,11,22H2. The average Bonchev–Trinajstić information content (AvgIpc) is 2.68. The van der Waals surface area contributed by atoms with Crippen LogP contribution in [0.2, 0.25) is 0 Å². The number of carbonyl (C=O) groups is 2. The molecular formula is C21H16N2O3. The smallest absolute Gasteiger partial charge is 0.196 e. The van der Waals surface area contributed by atoms with Crippen LogP contribution in [0.1, 0.15) is 37.4 Å². The molecule has 4 N–H and O–H groups in total. The summed E-state index contributed by atoms with van der Waals surface area (Å²) >= 11 is 0. The van der Waals surface area contributed by atoms with E-state index in [2.05, 4.69) is 5.32 Å². The number of fused-ring (bicyclic) bond motifs is 2. The van der Waals surface area contributed by atoms with Crippen LogP contribution in [0.5, 0.6) is 0 Å². The van der Waals surface area contributed by atoms with Gasteiger partial charge in [-0.1, -0.05) is 42.5 Å². The third-order valence-corrected chi connectivity index (χ3v) is 4.55. The van der Waals surface area contributed by atoms with Gasteiger partial charge in [-0.2, -0.15) is 0 Å². The predicted octanol–water partition coefficient (Wildman–Crippen LogP) is 3.28. The number of aliphatic hydroxyl groups is 1. The third kappa shape index (κ3) is 2.37. The Kier molecular flexibility index (Phi) is 3.78. The first-order valence-electron chi connectivity index (χ1n) is 8.18. The van der Waals surface area contributed by atoms with Gasteiger partial charge in [-0.15, -0.1) is 0 Å². The van der Waals surface area contributed by atoms with Crippen molar-refractivity contribution in [3.63, 3.8) is 0 Å². The molecule has 0 amide bonds. The highest BCUT2D eigenvalue weighted by molar-refractivity contribution is 6.32. The van der Waals surface area contributed by atoms with E-state index in [1.54, 1.807) is 30.3 Å². The van der Waals surface area contributed by atoms with Crippen LogP contribution in [0.4, 0.5) is 17.1 Å². The number of aliphatic hydroxyl groups excluding tert-OH is 1. The second-order valence-corrected chi connectivity index (χ2v) is 6.10. The molecule has 0 radical (unpaired) electrons. The molecular weight excluding hydrogens is 328 g/mol. The summed E-state index contributed by atoms with van der Waals surface area (Å²) in [6.07, 6.45) is 0. The Hall–Kier alpha value is -3.44. The van der Waals surface area contributed by atoms with Crippen molar-refractivity contribution < 1.29 is 14.7 Å². The zero-order chi connectivity index (χ0) is 18.3. The highest BCUT2D eigenvalue weighted by atomic mass is 16.3. The van der Waals surface area contributed by atoms with E-state index >= 15 is 0 Å². The van der Waals surface area contributed by atoms with Gasteiger partial charge in [0.1, 0.15) is 0 Å². The Bertz CT molecular complexity index is 1040. The summed E-state index contributed by atoms with van der Waals surface area (Å²) in [5, 5.41) is 12.8.